The summed E-state index contributed by atoms with van der Waals surface area (Å²) in [6.07, 6.45) is 6.38. The lowest BCUT2D eigenvalue weighted by Gasteiger charge is -1.92. The minimum absolute atomic E-state index is 0.780. The number of allylic oxidation sites excluding steroid dienone is 3. The molecule has 1 aliphatic rings. The Balaban J connectivity index is 2.22. The van der Waals surface area contributed by atoms with Gasteiger partial charge in [-0.25, -0.2) is 4.79 Å². The van der Waals surface area contributed by atoms with Gasteiger partial charge in [-0.05, 0) is 36.1 Å². The molecule has 0 spiro atoms. The molecule has 0 amide bonds. The van der Waals surface area contributed by atoms with Crippen molar-refractivity contribution >= 4 is 11.5 Å². The van der Waals surface area contributed by atoms with Gasteiger partial charge in [-0.15, -0.1) is 0 Å². The lowest BCUT2D eigenvalue weighted by Crippen LogP contribution is -1.88. The number of hydrogen-bond acceptors (Lipinski definition) is 2. The van der Waals surface area contributed by atoms with Crippen LogP contribution in [-0.2, 0) is 4.79 Å². The second-order valence-corrected chi connectivity index (χ2v) is 3.20. The van der Waals surface area contributed by atoms with Gasteiger partial charge in [0, 0.05) is 6.08 Å². The molecular formula is C11H10O3. The zero-order valence-electron chi connectivity index (χ0n) is 7.56. The lowest BCUT2D eigenvalue weighted by atomic mass is 10.2. The maximum atomic E-state index is 10.4. The fraction of sp³-hybridized carbons (Fsp3) is 0.182. The van der Waals surface area contributed by atoms with Crippen molar-refractivity contribution in [2.75, 3.05) is 0 Å². The molecule has 1 heterocycles. The normalized spacial score (nSPS) is 18.6. The van der Waals surface area contributed by atoms with E-state index in [4.69, 9.17) is 9.52 Å². The molecule has 0 saturated heterocycles. The molecule has 0 radical (unpaired) electrons. The third kappa shape index (κ3) is 1.76. The van der Waals surface area contributed by atoms with Crippen molar-refractivity contribution in [2.24, 2.45) is 0 Å². The van der Waals surface area contributed by atoms with Crippen LogP contribution < -0.4 is 0 Å². The zero-order chi connectivity index (χ0) is 9.97. The van der Waals surface area contributed by atoms with E-state index in [0.29, 0.717) is 0 Å². The molecule has 0 bridgehead atoms. The lowest BCUT2D eigenvalue weighted by molar-refractivity contribution is -0.131. The Morgan fingerprint density at radius 1 is 1.50 bits per heavy atom. The number of carbonyl (C=O) groups is 1. The van der Waals surface area contributed by atoms with Gasteiger partial charge < -0.3 is 9.52 Å². The first kappa shape index (κ1) is 8.81. The van der Waals surface area contributed by atoms with Gasteiger partial charge in [0.2, 0.25) is 0 Å². The third-order valence-corrected chi connectivity index (χ3v) is 2.19. The van der Waals surface area contributed by atoms with Crippen molar-refractivity contribution in [3.63, 3.8) is 0 Å². The van der Waals surface area contributed by atoms with Crippen LogP contribution in [0.3, 0.4) is 0 Å². The van der Waals surface area contributed by atoms with E-state index >= 15 is 0 Å². The highest BCUT2D eigenvalue weighted by molar-refractivity contribution is 5.83. The molecule has 1 aromatic heterocycles. The first-order valence-corrected chi connectivity index (χ1v) is 4.43. The van der Waals surface area contributed by atoms with E-state index < -0.39 is 5.97 Å². The minimum atomic E-state index is -0.892. The van der Waals surface area contributed by atoms with E-state index in [1.807, 2.05) is 18.2 Å². The number of aliphatic carboxylic acids is 1. The summed E-state index contributed by atoms with van der Waals surface area (Å²) >= 11 is 0. The second-order valence-electron chi connectivity index (χ2n) is 3.20. The number of furan rings is 1. The van der Waals surface area contributed by atoms with Crippen molar-refractivity contribution in [1.29, 1.82) is 0 Å². The van der Waals surface area contributed by atoms with E-state index in [9.17, 15) is 4.79 Å². The zero-order valence-corrected chi connectivity index (χ0v) is 7.56. The van der Waals surface area contributed by atoms with Gasteiger partial charge in [0.25, 0.3) is 0 Å². The second kappa shape index (κ2) is 3.54. The fourth-order valence-electron chi connectivity index (χ4n) is 1.58. The van der Waals surface area contributed by atoms with Gasteiger partial charge >= 0.3 is 5.97 Å². The van der Waals surface area contributed by atoms with Crippen molar-refractivity contribution < 1.29 is 14.3 Å². The predicted molar refractivity (Wildman–Crippen MR) is 51.6 cm³/mol. The molecule has 0 aromatic carbocycles. The molecule has 3 heteroatoms. The minimum Gasteiger partial charge on any atom is -0.478 e. The van der Waals surface area contributed by atoms with Crippen molar-refractivity contribution in [3.05, 3.63) is 41.9 Å². The Labute approximate surface area is 81.4 Å². The highest BCUT2D eigenvalue weighted by Crippen LogP contribution is 2.31. The van der Waals surface area contributed by atoms with E-state index in [1.54, 1.807) is 6.26 Å². The van der Waals surface area contributed by atoms with E-state index in [2.05, 4.69) is 0 Å². The van der Waals surface area contributed by atoms with E-state index in [-0.39, 0.29) is 0 Å². The summed E-state index contributed by atoms with van der Waals surface area (Å²) in [4.78, 5) is 10.4. The summed E-state index contributed by atoms with van der Waals surface area (Å²) in [5, 5.41) is 8.56. The monoisotopic (exact) mass is 190 g/mol. The highest BCUT2D eigenvalue weighted by atomic mass is 16.4. The summed E-state index contributed by atoms with van der Waals surface area (Å²) < 4.78 is 5.23. The summed E-state index contributed by atoms with van der Waals surface area (Å²) in [7, 11) is 0. The smallest absolute Gasteiger partial charge is 0.328 e. The van der Waals surface area contributed by atoms with E-state index in [1.165, 1.54) is 6.08 Å². The predicted octanol–water partition coefficient (Wildman–Crippen LogP) is 2.47. The van der Waals surface area contributed by atoms with Gasteiger partial charge in [0.1, 0.15) is 5.76 Å². The summed E-state index contributed by atoms with van der Waals surface area (Å²) in [6.45, 7) is 0. The molecule has 72 valence electrons. The van der Waals surface area contributed by atoms with Gasteiger partial charge in [0.05, 0.1) is 6.26 Å². The maximum absolute atomic E-state index is 10.4. The molecule has 1 N–H and O–H groups in total. The number of carboxylic acids is 1. The third-order valence-electron chi connectivity index (χ3n) is 2.19. The Hall–Kier alpha value is -1.77. The average Bonchev–Trinajstić information content (AvgIpc) is 2.69. The molecule has 3 nitrogen and oxygen atoms in total. The molecule has 0 unspecified atom stereocenters. The number of rotatable bonds is 2. The molecule has 0 aliphatic heterocycles. The van der Waals surface area contributed by atoms with Crippen LogP contribution in [0.1, 0.15) is 18.6 Å². The number of carboxylic acid groups (broad SMARTS) is 1. The van der Waals surface area contributed by atoms with Crippen LogP contribution in [0, 0.1) is 0 Å². The van der Waals surface area contributed by atoms with Gasteiger partial charge in [-0.2, -0.15) is 0 Å². The van der Waals surface area contributed by atoms with Crippen LogP contribution in [0.15, 0.2) is 40.5 Å². The first-order chi connectivity index (χ1) is 6.75. The first-order valence-electron chi connectivity index (χ1n) is 4.43. The topological polar surface area (TPSA) is 50.4 Å². The Morgan fingerprint density at radius 3 is 3.00 bits per heavy atom. The molecule has 1 aliphatic carbocycles. The molecular weight excluding hydrogens is 180 g/mol. The van der Waals surface area contributed by atoms with Crippen LogP contribution in [0.2, 0.25) is 0 Å². The van der Waals surface area contributed by atoms with E-state index in [0.717, 1.165) is 29.7 Å². The summed E-state index contributed by atoms with van der Waals surface area (Å²) in [6, 6.07) is 3.71. The van der Waals surface area contributed by atoms with Crippen LogP contribution in [-0.4, -0.2) is 11.1 Å². The van der Waals surface area contributed by atoms with Crippen LogP contribution in [0.25, 0.3) is 5.57 Å². The van der Waals surface area contributed by atoms with Crippen molar-refractivity contribution in [1.82, 2.24) is 0 Å². The van der Waals surface area contributed by atoms with Gasteiger partial charge in [0.15, 0.2) is 0 Å². The molecule has 1 aromatic rings. The largest absolute Gasteiger partial charge is 0.478 e. The maximum Gasteiger partial charge on any atom is 0.328 e. The van der Waals surface area contributed by atoms with Crippen molar-refractivity contribution in [2.45, 2.75) is 12.8 Å². The molecule has 0 saturated carbocycles. The number of hydrogen-bond donors (Lipinski definition) is 1. The van der Waals surface area contributed by atoms with Gasteiger partial charge in [-0.1, -0.05) is 6.08 Å². The highest BCUT2D eigenvalue weighted by Gasteiger charge is 2.13. The SMILES string of the molecule is O=C(O)/C=C1/C=C(c2ccco2)CC1. The molecule has 0 fully saturated rings. The summed E-state index contributed by atoms with van der Waals surface area (Å²) in [5.41, 5.74) is 1.92. The molecule has 14 heavy (non-hydrogen) atoms. The Bertz CT molecular complexity index is 396. The Morgan fingerprint density at radius 2 is 2.36 bits per heavy atom. The summed E-state index contributed by atoms with van der Waals surface area (Å²) in [5.74, 6) is -0.0595. The quantitative estimate of drug-likeness (QED) is 0.729. The van der Waals surface area contributed by atoms with Crippen LogP contribution >= 0.6 is 0 Å². The average molecular weight is 190 g/mol. The Kier molecular flexibility index (Phi) is 2.23. The fourth-order valence-corrected chi connectivity index (χ4v) is 1.58. The van der Waals surface area contributed by atoms with Crippen LogP contribution in [0.4, 0.5) is 0 Å². The van der Waals surface area contributed by atoms with Crippen molar-refractivity contribution in [3.8, 4) is 0 Å². The molecule has 2 rings (SSSR count). The standard InChI is InChI=1S/C11H10O3/c12-11(13)7-8-3-4-9(6-8)10-2-1-5-14-10/h1-2,5-7H,3-4H2,(H,12,13)/b8-7+. The van der Waals surface area contributed by atoms with Crippen LogP contribution in [0.5, 0.6) is 0 Å². The molecule has 0 atom stereocenters. The van der Waals surface area contributed by atoms with Gasteiger partial charge in [-0.3, -0.25) is 0 Å².